The number of halogens is 2. The molecule has 0 saturated heterocycles. The molecule has 7 heteroatoms. The maximum absolute atomic E-state index is 12.3. The quantitative estimate of drug-likeness (QED) is 0.623. The number of benzene rings is 1. The van der Waals surface area contributed by atoms with Crippen LogP contribution in [0.15, 0.2) is 28.7 Å². The first-order valence-corrected chi connectivity index (χ1v) is 7.91. The molecule has 0 aliphatic rings. The van der Waals surface area contributed by atoms with Gasteiger partial charge in [-0.2, -0.15) is 0 Å². The lowest BCUT2D eigenvalue weighted by atomic mass is 9.92. The molecule has 1 amide bonds. The second-order valence-electron chi connectivity index (χ2n) is 5.80. The molecule has 5 nitrogen and oxygen atoms in total. The molecule has 0 fully saturated rings. The number of carbonyl (C=O) groups excluding carboxylic acids is 2. The molecule has 1 unspecified atom stereocenters. The highest BCUT2D eigenvalue weighted by atomic mass is 79.9. The Balaban J connectivity index is 3.09. The van der Waals surface area contributed by atoms with Crippen LogP contribution in [0.25, 0.3) is 0 Å². The molecule has 1 N–H and O–H groups in total. The van der Waals surface area contributed by atoms with Crippen LogP contribution in [0, 0.1) is 0 Å². The Morgan fingerprint density at radius 3 is 2.18 bits per heavy atom. The van der Waals surface area contributed by atoms with Crippen molar-refractivity contribution in [2.45, 2.75) is 38.8 Å². The monoisotopic (exact) mass is 391 g/mol. The Morgan fingerprint density at radius 1 is 1.18 bits per heavy atom. The third kappa shape index (κ3) is 5.18. The zero-order chi connectivity index (χ0) is 17.0. The fourth-order valence-electron chi connectivity index (χ4n) is 1.73. The van der Waals surface area contributed by atoms with Gasteiger partial charge in [-0.3, -0.25) is 0 Å². The summed E-state index contributed by atoms with van der Waals surface area (Å²) in [4.78, 5) is 24.3. The van der Waals surface area contributed by atoms with Gasteiger partial charge in [0.05, 0.1) is 0 Å². The largest absolute Gasteiger partial charge is 0.447 e. The van der Waals surface area contributed by atoms with E-state index < -0.39 is 23.2 Å². The predicted molar refractivity (Wildman–Crippen MR) is 87.7 cm³/mol. The zero-order valence-electron chi connectivity index (χ0n) is 12.9. The smallest absolute Gasteiger partial charge is 0.408 e. The summed E-state index contributed by atoms with van der Waals surface area (Å²) in [6, 6.07) is 6.63. The van der Waals surface area contributed by atoms with Gasteiger partial charge in [-0.25, -0.2) is 9.59 Å². The number of esters is 1. The van der Waals surface area contributed by atoms with E-state index in [4.69, 9.17) is 21.1 Å². The third-order valence-corrected chi connectivity index (χ3v) is 3.40. The van der Waals surface area contributed by atoms with Gasteiger partial charge in [-0.1, -0.05) is 39.7 Å². The standard InChI is InChI=1S/C15H19BrClNO4/c1-14(2,3)22-13(20)18-15(4,12(19)21-9-17)10-5-7-11(16)8-6-10/h5-8H,9H2,1-4H3,(H,18,20). The molecule has 0 aromatic heterocycles. The average Bonchev–Trinajstić information content (AvgIpc) is 2.37. The second kappa shape index (κ2) is 7.33. The Labute approximate surface area is 143 Å². The van der Waals surface area contributed by atoms with E-state index in [9.17, 15) is 9.59 Å². The first-order chi connectivity index (χ1) is 10.1. The predicted octanol–water partition coefficient (Wildman–Crippen LogP) is 3.93. The lowest BCUT2D eigenvalue weighted by molar-refractivity contribution is -0.149. The van der Waals surface area contributed by atoms with Gasteiger partial charge in [-0.15, -0.1) is 0 Å². The van der Waals surface area contributed by atoms with E-state index in [-0.39, 0.29) is 6.07 Å². The molecule has 0 saturated carbocycles. The van der Waals surface area contributed by atoms with Crippen LogP contribution in [0.5, 0.6) is 0 Å². The molecule has 0 heterocycles. The topological polar surface area (TPSA) is 64.6 Å². The molecule has 1 atom stereocenters. The van der Waals surface area contributed by atoms with Gasteiger partial charge < -0.3 is 14.8 Å². The molecular weight excluding hydrogens is 374 g/mol. The van der Waals surface area contributed by atoms with Crippen LogP contribution in [0.3, 0.4) is 0 Å². The fraction of sp³-hybridized carbons (Fsp3) is 0.467. The fourth-order valence-corrected chi connectivity index (χ4v) is 2.09. The van der Waals surface area contributed by atoms with Crippen LogP contribution in [0.4, 0.5) is 4.79 Å². The number of amides is 1. The van der Waals surface area contributed by atoms with Crippen molar-refractivity contribution in [2.24, 2.45) is 0 Å². The Hall–Kier alpha value is -1.27. The summed E-state index contributed by atoms with van der Waals surface area (Å²) in [6.07, 6.45) is -0.718. The van der Waals surface area contributed by atoms with Crippen molar-refractivity contribution in [2.75, 3.05) is 6.07 Å². The average molecular weight is 393 g/mol. The van der Waals surface area contributed by atoms with Crippen LogP contribution in [0.2, 0.25) is 0 Å². The molecule has 0 aliphatic carbocycles. The molecule has 0 aliphatic heterocycles. The second-order valence-corrected chi connectivity index (χ2v) is 6.93. The molecule has 1 aromatic carbocycles. The van der Waals surface area contributed by atoms with E-state index in [1.807, 2.05) is 0 Å². The summed E-state index contributed by atoms with van der Waals surface area (Å²) in [7, 11) is 0. The van der Waals surface area contributed by atoms with E-state index >= 15 is 0 Å². The Kier molecular flexibility index (Phi) is 6.26. The summed E-state index contributed by atoms with van der Waals surface area (Å²) in [6.45, 7) is 6.75. The SMILES string of the molecule is CC(C)(C)OC(=O)NC(C)(C(=O)OCCl)c1ccc(Br)cc1. The molecule has 0 spiro atoms. The molecule has 1 aromatic rings. The minimum atomic E-state index is -1.40. The number of carbonyl (C=O) groups is 2. The zero-order valence-corrected chi connectivity index (χ0v) is 15.2. The van der Waals surface area contributed by atoms with E-state index in [1.54, 1.807) is 45.0 Å². The summed E-state index contributed by atoms with van der Waals surface area (Å²) in [5, 5.41) is 2.56. The van der Waals surface area contributed by atoms with Gasteiger partial charge in [-0.05, 0) is 45.4 Å². The van der Waals surface area contributed by atoms with Crippen molar-refractivity contribution in [3.05, 3.63) is 34.3 Å². The van der Waals surface area contributed by atoms with Crippen LogP contribution in [0.1, 0.15) is 33.3 Å². The van der Waals surface area contributed by atoms with Crippen molar-refractivity contribution >= 4 is 39.6 Å². The number of rotatable bonds is 4. The lowest BCUT2D eigenvalue weighted by Gasteiger charge is -2.30. The van der Waals surface area contributed by atoms with Crippen LogP contribution in [-0.2, 0) is 19.8 Å². The molecule has 22 heavy (non-hydrogen) atoms. The van der Waals surface area contributed by atoms with Crippen molar-refractivity contribution in [1.82, 2.24) is 5.32 Å². The van der Waals surface area contributed by atoms with Gasteiger partial charge >= 0.3 is 12.1 Å². The van der Waals surface area contributed by atoms with E-state index in [1.165, 1.54) is 6.92 Å². The maximum Gasteiger partial charge on any atom is 0.408 e. The van der Waals surface area contributed by atoms with Gasteiger partial charge in [0, 0.05) is 4.47 Å². The number of hydrogen-bond donors (Lipinski definition) is 1. The highest BCUT2D eigenvalue weighted by Crippen LogP contribution is 2.25. The molecule has 0 bridgehead atoms. The van der Waals surface area contributed by atoms with E-state index in [0.717, 1.165) is 4.47 Å². The molecule has 1 rings (SSSR count). The first-order valence-electron chi connectivity index (χ1n) is 6.59. The van der Waals surface area contributed by atoms with Crippen LogP contribution >= 0.6 is 27.5 Å². The van der Waals surface area contributed by atoms with Crippen molar-refractivity contribution in [3.63, 3.8) is 0 Å². The molecule has 0 radical (unpaired) electrons. The van der Waals surface area contributed by atoms with Gasteiger partial charge in [0.1, 0.15) is 5.60 Å². The van der Waals surface area contributed by atoms with Crippen molar-refractivity contribution in [3.8, 4) is 0 Å². The summed E-state index contributed by atoms with van der Waals surface area (Å²) >= 11 is 8.78. The van der Waals surface area contributed by atoms with Crippen molar-refractivity contribution < 1.29 is 19.1 Å². The third-order valence-electron chi connectivity index (χ3n) is 2.77. The lowest BCUT2D eigenvalue weighted by Crippen LogP contribution is -2.51. The minimum Gasteiger partial charge on any atom is -0.447 e. The van der Waals surface area contributed by atoms with E-state index in [0.29, 0.717) is 5.56 Å². The van der Waals surface area contributed by atoms with E-state index in [2.05, 4.69) is 21.2 Å². The highest BCUT2D eigenvalue weighted by molar-refractivity contribution is 9.10. The highest BCUT2D eigenvalue weighted by Gasteiger charge is 2.39. The molecular formula is C15H19BrClNO4. The molecule has 122 valence electrons. The number of hydrogen-bond acceptors (Lipinski definition) is 4. The summed E-state index contributed by atoms with van der Waals surface area (Å²) in [5.41, 5.74) is -1.53. The minimum absolute atomic E-state index is 0.305. The first kappa shape index (κ1) is 18.8. The maximum atomic E-state index is 12.3. The number of alkyl halides is 1. The number of nitrogens with one attached hydrogen (secondary N) is 1. The normalized spacial score (nSPS) is 13.9. The van der Waals surface area contributed by atoms with Gasteiger partial charge in [0.15, 0.2) is 11.6 Å². The van der Waals surface area contributed by atoms with Crippen LogP contribution < -0.4 is 5.32 Å². The van der Waals surface area contributed by atoms with Crippen molar-refractivity contribution in [1.29, 1.82) is 0 Å². The Morgan fingerprint density at radius 2 is 1.73 bits per heavy atom. The summed E-state index contributed by atoms with van der Waals surface area (Å²) in [5.74, 6) is -0.671. The summed E-state index contributed by atoms with van der Waals surface area (Å²) < 4.78 is 10.9. The number of alkyl carbamates (subject to hydrolysis) is 1. The van der Waals surface area contributed by atoms with Gasteiger partial charge in [0.2, 0.25) is 0 Å². The number of ether oxygens (including phenoxy) is 2. The van der Waals surface area contributed by atoms with Crippen LogP contribution in [-0.4, -0.2) is 23.7 Å². The Bertz CT molecular complexity index is 541. The van der Waals surface area contributed by atoms with Gasteiger partial charge in [0.25, 0.3) is 0 Å².